The van der Waals surface area contributed by atoms with E-state index < -0.39 is 0 Å². The van der Waals surface area contributed by atoms with Crippen LogP contribution in [0.2, 0.25) is 0 Å². The maximum Gasteiger partial charge on any atom is 0.234 e. The lowest BCUT2D eigenvalue weighted by Crippen LogP contribution is -2.55. The van der Waals surface area contributed by atoms with Crippen LogP contribution in [0.3, 0.4) is 0 Å². The van der Waals surface area contributed by atoms with Crippen LogP contribution < -0.4 is 16.2 Å². The third-order valence-corrected chi connectivity index (χ3v) is 5.38. The summed E-state index contributed by atoms with van der Waals surface area (Å²) < 4.78 is 0. The van der Waals surface area contributed by atoms with E-state index in [0.29, 0.717) is 6.54 Å². The summed E-state index contributed by atoms with van der Waals surface area (Å²) in [7, 11) is 0. The van der Waals surface area contributed by atoms with Crippen LogP contribution in [-0.2, 0) is 11.2 Å². The Morgan fingerprint density at radius 2 is 1.96 bits per heavy atom. The van der Waals surface area contributed by atoms with E-state index in [4.69, 9.17) is 0 Å². The van der Waals surface area contributed by atoms with E-state index in [9.17, 15) is 4.79 Å². The summed E-state index contributed by atoms with van der Waals surface area (Å²) in [6.07, 6.45) is 4.61. The van der Waals surface area contributed by atoms with Crippen LogP contribution in [0.1, 0.15) is 24.8 Å². The summed E-state index contributed by atoms with van der Waals surface area (Å²) in [5.74, 6) is 1.50. The van der Waals surface area contributed by atoms with E-state index >= 15 is 0 Å². The number of fused-ring (bicyclic) bond motifs is 1. The number of nitrogens with one attached hydrogen (secondary N) is 3. The number of hydrogen-bond acceptors (Lipinski definition) is 5. The summed E-state index contributed by atoms with van der Waals surface area (Å²) in [4.78, 5) is 19.1. The number of aliphatic imine (C=N–C) groups is 1. The average Bonchev–Trinajstić information content (AvgIpc) is 3.10. The number of carbonyl (C=O) groups is 1. The smallest absolute Gasteiger partial charge is 0.234 e. The van der Waals surface area contributed by atoms with Gasteiger partial charge in [0, 0.05) is 19.6 Å². The molecule has 2 fully saturated rings. The first-order valence-electron chi connectivity index (χ1n) is 8.95. The minimum Gasteiger partial charge on any atom is -0.343 e. The maximum absolute atomic E-state index is 12.2. The van der Waals surface area contributed by atoms with Gasteiger partial charge in [0.15, 0.2) is 0 Å². The van der Waals surface area contributed by atoms with Crippen molar-refractivity contribution in [1.29, 1.82) is 0 Å². The third kappa shape index (κ3) is 3.30. The minimum absolute atomic E-state index is 0.0775. The van der Waals surface area contributed by atoms with E-state index in [1.54, 1.807) is 0 Å². The summed E-state index contributed by atoms with van der Waals surface area (Å²) in [6.45, 7) is 2.60. The Kier molecular flexibility index (Phi) is 4.49. The molecule has 1 aromatic rings. The number of rotatable bonds is 3. The summed E-state index contributed by atoms with van der Waals surface area (Å²) in [5, 5.41) is 2.99. The maximum atomic E-state index is 12.2. The van der Waals surface area contributed by atoms with Gasteiger partial charge in [0.1, 0.15) is 6.17 Å². The molecular weight excluding hydrogens is 302 g/mol. The predicted molar refractivity (Wildman–Crippen MR) is 93.1 cm³/mol. The van der Waals surface area contributed by atoms with Crippen molar-refractivity contribution in [3.63, 3.8) is 0 Å². The molecular formula is C18H25N5O. The Labute approximate surface area is 142 Å². The average molecular weight is 327 g/mol. The number of likely N-dealkylation sites (tertiary alicyclic amines) is 1. The summed E-state index contributed by atoms with van der Waals surface area (Å²) in [6, 6.07) is 10.7. The SMILES string of the molecule is O=C1NC(N2CCC(CCc3ccccc3)CC2)=NC2NNCC12. The number of guanidine groups is 1. The summed E-state index contributed by atoms with van der Waals surface area (Å²) in [5.41, 5.74) is 7.53. The van der Waals surface area contributed by atoms with Crippen molar-refractivity contribution >= 4 is 11.9 Å². The number of amides is 1. The van der Waals surface area contributed by atoms with Gasteiger partial charge in [0.2, 0.25) is 11.9 Å². The molecule has 2 unspecified atom stereocenters. The van der Waals surface area contributed by atoms with Crippen LogP contribution in [0.15, 0.2) is 35.3 Å². The van der Waals surface area contributed by atoms with E-state index in [-0.39, 0.29) is 18.0 Å². The second-order valence-electron chi connectivity index (χ2n) is 6.97. The summed E-state index contributed by atoms with van der Waals surface area (Å²) >= 11 is 0. The molecule has 128 valence electrons. The van der Waals surface area contributed by atoms with Gasteiger partial charge >= 0.3 is 0 Å². The van der Waals surface area contributed by atoms with E-state index in [1.807, 2.05) is 0 Å². The van der Waals surface area contributed by atoms with Crippen LogP contribution in [-0.4, -0.2) is 42.6 Å². The van der Waals surface area contributed by atoms with Gasteiger partial charge in [-0.2, -0.15) is 0 Å². The molecule has 3 aliphatic heterocycles. The number of hydrazine groups is 1. The molecule has 2 saturated heterocycles. The van der Waals surface area contributed by atoms with Crippen LogP contribution >= 0.6 is 0 Å². The molecule has 1 aromatic carbocycles. The van der Waals surface area contributed by atoms with E-state index in [2.05, 4.69) is 56.4 Å². The molecule has 0 saturated carbocycles. The topological polar surface area (TPSA) is 68.8 Å². The number of nitrogens with zero attached hydrogens (tertiary/aromatic N) is 2. The highest BCUT2D eigenvalue weighted by Crippen LogP contribution is 2.24. The lowest BCUT2D eigenvalue weighted by Gasteiger charge is -2.36. The molecule has 3 N–H and O–H groups in total. The quantitative estimate of drug-likeness (QED) is 0.770. The van der Waals surface area contributed by atoms with Crippen LogP contribution in [0.5, 0.6) is 0 Å². The molecule has 0 aromatic heterocycles. The first kappa shape index (κ1) is 15.6. The Hall–Kier alpha value is -1.92. The molecule has 0 spiro atoms. The minimum atomic E-state index is -0.121. The van der Waals surface area contributed by atoms with Gasteiger partial charge in [-0.1, -0.05) is 30.3 Å². The Morgan fingerprint density at radius 3 is 2.75 bits per heavy atom. The third-order valence-electron chi connectivity index (χ3n) is 5.38. The zero-order chi connectivity index (χ0) is 16.4. The normalized spacial score (nSPS) is 27.6. The van der Waals surface area contributed by atoms with Gasteiger partial charge in [0.05, 0.1) is 5.92 Å². The Balaban J connectivity index is 1.29. The predicted octanol–water partition coefficient (Wildman–Crippen LogP) is 0.867. The molecule has 3 aliphatic rings. The van der Waals surface area contributed by atoms with Gasteiger partial charge in [-0.05, 0) is 37.2 Å². The van der Waals surface area contributed by atoms with Crippen molar-refractivity contribution in [2.24, 2.45) is 16.8 Å². The molecule has 4 rings (SSSR count). The molecule has 0 aliphatic carbocycles. The first-order valence-corrected chi connectivity index (χ1v) is 8.95. The molecule has 6 nitrogen and oxygen atoms in total. The van der Waals surface area contributed by atoms with E-state index in [0.717, 1.165) is 31.4 Å². The standard InChI is InChI=1S/C18H25N5O/c24-17-15-12-19-22-16(15)20-18(21-17)23-10-8-14(9-11-23)7-6-13-4-2-1-3-5-13/h1-5,14-16,19,22H,6-12H2,(H,20,21,24). The molecule has 3 heterocycles. The van der Waals surface area contributed by atoms with Gasteiger partial charge < -0.3 is 4.90 Å². The second kappa shape index (κ2) is 6.91. The number of hydrogen-bond donors (Lipinski definition) is 3. The lowest BCUT2D eigenvalue weighted by molar-refractivity contribution is -0.124. The van der Waals surface area contributed by atoms with Crippen LogP contribution in [0, 0.1) is 11.8 Å². The van der Waals surface area contributed by atoms with Crippen molar-refractivity contribution in [2.75, 3.05) is 19.6 Å². The molecule has 0 bridgehead atoms. The molecule has 6 heteroatoms. The van der Waals surface area contributed by atoms with Crippen molar-refractivity contribution < 1.29 is 4.79 Å². The highest BCUT2D eigenvalue weighted by Gasteiger charge is 2.38. The van der Waals surface area contributed by atoms with Gasteiger partial charge in [-0.15, -0.1) is 0 Å². The van der Waals surface area contributed by atoms with Crippen molar-refractivity contribution in [3.8, 4) is 0 Å². The Morgan fingerprint density at radius 1 is 1.17 bits per heavy atom. The van der Waals surface area contributed by atoms with Crippen molar-refractivity contribution in [2.45, 2.75) is 31.8 Å². The van der Waals surface area contributed by atoms with Gasteiger partial charge in [-0.3, -0.25) is 15.5 Å². The lowest BCUT2D eigenvalue weighted by atomic mass is 9.90. The van der Waals surface area contributed by atoms with Gasteiger partial charge in [0.25, 0.3) is 0 Å². The largest absolute Gasteiger partial charge is 0.343 e. The van der Waals surface area contributed by atoms with Crippen LogP contribution in [0.4, 0.5) is 0 Å². The van der Waals surface area contributed by atoms with Gasteiger partial charge in [-0.25, -0.2) is 10.4 Å². The zero-order valence-corrected chi connectivity index (χ0v) is 13.9. The van der Waals surface area contributed by atoms with Crippen molar-refractivity contribution in [1.82, 2.24) is 21.1 Å². The fourth-order valence-electron chi connectivity index (χ4n) is 3.82. The Bertz CT molecular complexity index is 609. The molecule has 1 amide bonds. The highest BCUT2D eigenvalue weighted by atomic mass is 16.2. The number of aryl methyl sites for hydroxylation is 1. The fraction of sp³-hybridized carbons (Fsp3) is 0.556. The molecule has 24 heavy (non-hydrogen) atoms. The number of carbonyl (C=O) groups excluding carboxylic acids is 1. The number of piperidine rings is 1. The second-order valence-corrected chi connectivity index (χ2v) is 6.97. The molecule has 0 radical (unpaired) electrons. The first-order chi connectivity index (χ1) is 11.8. The van der Waals surface area contributed by atoms with Crippen molar-refractivity contribution in [3.05, 3.63) is 35.9 Å². The fourth-order valence-corrected chi connectivity index (χ4v) is 3.82. The highest BCUT2D eigenvalue weighted by molar-refractivity contribution is 6.00. The zero-order valence-electron chi connectivity index (χ0n) is 13.9. The van der Waals surface area contributed by atoms with E-state index in [1.165, 1.54) is 24.8 Å². The van der Waals surface area contributed by atoms with Crippen LogP contribution in [0.25, 0.3) is 0 Å². The number of benzene rings is 1. The molecule has 2 atom stereocenters. The monoisotopic (exact) mass is 327 g/mol.